The second-order valence-corrected chi connectivity index (χ2v) is 3.69. The summed E-state index contributed by atoms with van der Waals surface area (Å²) in [6.45, 7) is 3.17. The molecule has 1 aromatic carbocycles. The topological polar surface area (TPSA) is 47.3 Å². The Morgan fingerprint density at radius 2 is 2.29 bits per heavy atom. The van der Waals surface area contributed by atoms with E-state index in [0.29, 0.717) is 6.04 Å². The molecule has 0 bridgehead atoms. The van der Waals surface area contributed by atoms with Crippen LogP contribution in [0.15, 0.2) is 12.1 Å². The standard InChI is InChI=1S/C11H16N2O/c1-7-10-8(5-6-13-7)3-4-9(12)11(10)14-2/h3-4,7,13H,5-6,12H2,1-2H3. The highest BCUT2D eigenvalue weighted by molar-refractivity contribution is 5.61. The summed E-state index contributed by atoms with van der Waals surface area (Å²) in [4.78, 5) is 0. The van der Waals surface area contributed by atoms with Gasteiger partial charge in [-0.3, -0.25) is 0 Å². The highest BCUT2D eigenvalue weighted by Gasteiger charge is 2.21. The number of hydrogen-bond acceptors (Lipinski definition) is 3. The lowest BCUT2D eigenvalue weighted by atomic mass is 9.93. The average molecular weight is 192 g/mol. The molecule has 0 spiro atoms. The number of hydrogen-bond donors (Lipinski definition) is 2. The van der Waals surface area contributed by atoms with Gasteiger partial charge in [0.15, 0.2) is 0 Å². The van der Waals surface area contributed by atoms with Crippen molar-refractivity contribution in [3.8, 4) is 5.75 Å². The van der Waals surface area contributed by atoms with E-state index < -0.39 is 0 Å². The Kier molecular flexibility index (Phi) is 2.33. The minimum Gasteiger partial charge on any atom is -0.494 e. The van der Waals surface area contributed by atoms with Crippen LogP contribution in [0.4, 0.5) is 5.69 Å². The fourth-order valence-electron chi connectivity index (χ4n) is 2.10. The van der Waals surface area contributed by atoms with Crippen molar-refractivity contribution < 1.29 is 4.74 Å². The smallest absolute Gasteiger partial charge is 0.146 e. The monoisotopic (exact) mass is 192 g/mol. The van der Waals surface area contributed by atoms with Gasteiger partial charge in [-0.05, 0) is 31.5 Å². The van der Waals surface area contributed by atoms with Crippen LogP contribution in [-0.2, 0) is 6.42 Å². The zero-order valence-corrected chi connectivity index (χ0v) is 8.63. The minimum atomic E-state index is 0.331. The molecular weight excluding hydrogens is 176 g/mol. The lowest BCUT2D eigenvalue weighted by molar-refractivity contribution is 0.398. The molecule has 0 radical (unpaired) electrons. The van der Waals surface area contributed by atoms with Gasteiger partial charge in [-0.2, -0.15) is 0 Å². The predicted octanol–water partition coefficient (Wildman–Crippen LogP) is 1.48. The van der Waals surface area contributed by atoms with E-state index in [1.165, 1.54) is 11.1 Å². The van der Waals surface area contributed by atoms with Crippen molar-refractivity contribution >= 4 is 5.69 Å². The third-order valence-electron chi connectivity index (χ3n) is 2.80. The van der Waals surface area contributed by atoms with Crippen LogP contribution in [0.25, 0.3) is 0 Å². The summed E-state index contributed by atoms with van der Waals surface area (Å²) in [6, 6.07) is 4.36. The summed E-state index contributed by atoms with van der Waals surface area (Å²) in [6.07, 6.45) is 1.05. The van der Waals surface area contributed by atoms with Crippen molar-refractivity contribution in [2.45, 2.75) is 19.4 Å². The first kappa shape index (κ1) is 9.34. The normalized spacial score (nSPS) is 20.3. The van der Waals surface area contributed by atoms with E-state index in [0.717, 1.165) is 24.4 Å². The fourth-order valence-corrected chi connectivity index (χ4v) is 2.10. The maximum Gasteiger partial charge on any atom is 0.146 e. The van der Waals surface area contributed by atoms with E-state index in [-0.39, 0.29) is 0 Å². The zero-order chi connectivity index (χ0) is 10.1. The number of rotatable bonds is 1. The van der Waals surface area contributed by atoms with Gasteiger partial charge in [0.2, 0.25) is 0 Å². The molecule has 0 aliphatic carbocycles. The lowest BCUT2D eigenvalue weighted by Crippen LogP contribution is -2.28. The van der Waals surface area contributed by atoms with E-state index in [1.807, 2.05) is 6.07 Å². The fraction of sp³-hybridized carbons (Fsp3) is 0.455. The molecule has 1 unspecified atom stereocenters. The van der Waals surface area contributed by atoms with Gasteiger partial charge in [-0.15, -0.1) is 0 Å². The summed E-state index contributed by atoms with van der Waals surface area (Å²) in [5.41, 5.74) is 9.16. The molecule has 1 aliphatic rings. The molecular formula is C11H16N2O. The first-order chi connectivity index (χ1) is 6.74. The van der Waals surface area contributed by atoms with Crippen LogP contribution in [0.1, 0.15) is 24.1 Å². The summed E-state index contributed by atoms with van der Waals surface area (Å²) in [5.74, 6) is 0.835. The van der Waals surface area contributed by atoms with Crippen LogP contribution in [0, 0.1) is 0 Å². The number of nitrogens with one attached hydrogen (secondary N) is 1. The van der Waals surface area contributed by atoms with Crippen LogP contribution in [0.3, 0.4) is 0 Å². The SMILES string of the molecule is COc1c(N)ccc2c1C(C)NCC2. The summed E-state index contributed by atoms with van der Waals surface area (Å²) in [5, 5.41) is 3.40. The third kappa shape index (κ3) is 1.34. The van der Waals surface area contributed by atoms with Crippen LogP contribution in [0.2, 0.25) is 0 Å². The number of ether oxygens (including phenoxy) is 1. The molecule has 3 nitrogen and oxygen atoms in total. The number of nitrogens with two attached hydrogens (primary N) is 1. The first-order valence-electron chi connectivity index (χ1n) is 4.92. The average Bonchev–Trinajstić information content (AvgIpc) is 2.19. The maximum atomic E-state index is 5.86. The number of benzene rings is 1. The molecule has 3 heteroatoms. The number of methoxy groups -OCH3 is 1. The Hall–Kier alpha value is -1.22. The third-order valence-corrected chi connectivity index (χ3v) is 2.80. The highest BCUT2D eigenvalue weighted by Crippen LogP contribution is 2.35. The number of fused-ring (bicyclic) bond motifs is 1. The molecule has 0 fully saturated rings. The number of nitrogen functional groups attached to an aromatic ring is 1. The second kappa shape index (κ2) is 3.50. The molecule has 14 heavy (non-hydrogen) atoms. The van der Waals surface area contributed by atoms with Gasteiger partial charge < -0.3 is 15.8 Å². The van der Waals surface area contributed by atoms with E-state index in [9.17, 15) is 0 Å². The van der Waals surface area contributed by atoms with Gasteiger partial charge in [0.05, 0.1) is 12.8 Å². The molecule has 76 valence electrons. The van der Waals surface area contributed by atoms with Crippen molar-refractivity contribution in [1.29, 1.82) is 0 Å². The molecule has 0 aromatic heterocycles. The van der Waals surface area contributed by atoms with Gasteiger partial charge in [0.1, 0.15) is 5.75 Å². The zero-order valence-electron chi connectivity index (χ0n) is 8.63. The summed E-state index contributed by atoms with van der Waals surface area (Å²) in [7, 11) is 1.67. The van der Waals surface area contributed by atoms with Gasteiger partial charge in [0.25, 0.3) is 0 Å². The van der Waals surface area contributed by atoms with Crippen LogP contribution < -0.4 is 15.8 Å². The molecule has 1 aromatic rings. The van der Waals surface area contributed by atoms with Crippen molar-refractivity contribution in [1.82, 2.24) is 5.32 Å². The molecule has 0 saturated heterocycles. The number of anilines is 1. The van der Waals surface area contributed by atoms with Crippen molar-refractivity contribution in [3.63, 3.8) is 0 Å². The van der Waals surface area contributed by atoms with E-state index in [4.69, 9.17) is 10.5 Å². The van der Waals surface area contributed by atoms with E-state index in [1.54, 1.807) is 7.11 Å². The maximum absolute atomic E-state index is 5.86. The Morgan fingerprint density at radius 1 is 1.50 bits per heavy atom. The second-order valence-electron chi connectivity index (χ2n) is 3.69. The van der Waals surface area contributed by atoms with Gasteiger partial charge in [0, 0.05) is 11.6 Å². The van der Waals surface area contributed by atoms with E-state index in [2.05, 4.69) is 18.3 Å². The Balaban J connectivity index is 2.57. The van der Waals surface area contributed by atoms with Gasteiger partial charge in [-0.25, -0.2) is 0 Å². The Bertz CT molecular complexity index is 349. The molecule has 3 N–H and O–H groups in total. The summed E-state index contributed by atoms with van der Waals surface area (Å²) < 4.78 is 5.35. The minimum absolute atomic E-state index is 0.331. The molecule has 0 saturated carbocycles. The largest absolute Gasteiger partial charge is 0.494 e. The molecule has 1 atom stereocenters. The van der Waals surface area contributed by atoms with Crippen molar-refractivity contribution in [3.05, 3.63) is 23.3 Å². The van der Waals surface area contributed by atoms with E-state index >= 15 is 0 Å². The Morgan fingerprint density at radius 3 is 3.00 bits per heavy atom. The molecule has 2 rings (SSSR count). The van der Waals surface area contributed by atoms with Gasteiger partial charge >= 0.3 is 0 Å². The van der Waals surface area contributed by atoms with Gasteiger partial charge in [-0.1, -0.05) is 6.07 Å². The molecule has 1 heterocycles. The quantitative estimate of drug-likeness (QED) is 0.663. The highest BCUT2D eigenvalue weighted by atomic mass is 16.5. The van der Waals surface area contributed by atoms with Crippen molar-refractivity contribution in [2.75, 3.05) is 19.4 Å². The summed E-state index contributed by atoms with van der Waals surface area (Å²) >= 11 is 0. The molecule has 1 aliphatic heterocycles. The first-order valence-corrected chi connectivity index (χ1v) is 4.92. The lowest BCUT2D eigenvalue weighted by Gasteiger charge is -2.26. The Labute approximate surface area is 84.3 Å². The van der Waals surface area contributed by atoms with Crippen LogP contribution in [0.5, 0.6) is 5.75 Å². The van der Waals surface area contributed by atoms with Crippen molar-refractivity contribution in [2.24, 2.45) is 0 Å². The predicted molar refractivity (Wildman–Crippen MR) is 57.5 cm³/mol. The van der Waals surface area contributed by atoms with Crippen LogP contribution >= 0.6 is 0 Å². The van der Waals surface area contributed by atoms with Crippen LogP contribution in [-0.4, -0.2) is 13.7 Å². The molecule has 0 amide bonds.